The minimum Gasteiger partial charge on any atom is -0.291 e. The monoisotopic (exact) mass is 305 g/mol. The Labute approximate surface area is 129 Å². The van der Waals surface area contributed by atoms with Crippen LogP contribution >= 0.6 is 0 Å². The van der Waals surface area contributed by atoms with Crippen molar-refractivity contribution in [3.8, 4) is 17.2 Å². The Morgan fingerprint density at radius 1 is 0.957 bits per heavy atom. The molecule has 23 heavy (non-hydrogen) atoms. The average molecular weight is 305 g/mol. The van der Waals surface area contributed by atoms with E-state index in [1.165, 1.54) is 7.05 Å². The Balaban J connectivity index is 2.29. The van der Waals surface area contributed by atoms with E-state index in [1.54, 1.807) is 29.1 Å². The molecule has 2 aliphatic heterocycles. The number of aromatic nitrogens is 5. The molecule has 0 saturated heterocycles. The van der Waals surface area contributed by atoms with Gasteiger partial charge in [-0.2, -0.15) is 4.98 Å². The fourth-order valence-corrected chi connectivity index (χ4v) is 2.55. The molecule has 0 aliphatic carbocycles. The van der Waals surface area contributed by atoms with E-state index in [9.17, 15) is 9.59 Å². The molecule has 0 atom stereocenters. The molecule has 112 valence electrons. The summed E-state index contributed by atoms with van der Waals surface area (Å²) in [6, 6.07) is 11.0. The second-order valence-corrected chi connectivity index (χ2v) is 5.07. The van der Waals surface area contributed by atoms with Crippen molar-refractivity contribution in [2.45, 2.75) is 0 Å². The van der Waals surface area contributed by atoms with Crippen molar-refractivity contribution >= 4 is 11.0 Å². The predicted octanol–water partition coefficient (Wildman–Crippen LogP) is 0.979. The van der Waals surface area contributed by atoms with Gasteiger partial charge < -0.3 is 0 Å². The van der Waals surface area contributed by atoms with Crippen LogP contribution in [0.3, 0.4) is 0 Å². The van der Waals surface area contributed by atoms with Crippen LogP contribution in [0.1, 0.15) is 0 Å². The van der Waals surface area contributed by atoms with Crippen molar-refractivity contribution in [1.29, 1.82) is 0 Å². The molecule has 2 aromatic rings. The molecule has 1 aromatic carbocycles. The average Bonchev–Trinajstić information content (AvgIpc) is 2.59. The van der Waals surface area contributed by atoms with Gasteiger partial charge in [0.2, 0.25) is 0 Å². The van der Waals surface area contributed by atoms with Crippen LogP contribution in [0.25, 0.3) is 28.2 Å². The van der Waals surface area contributed by atoms with Crippen LogP contribution in [0.2, 0.25) is 0 Å². The second kappa shape index (κ2) is 4.84. The van der Waals surface area contributed by atoms with Crippen LogP contribution in [-0.2, 0) is 7.05 Å². The Kier molecular flexibility index (Phi) is 2.80. The standard InChI is InChI=1S/C16H11N5O2/c1-20-15(22)13-14(19-16(20)23)21(10-6-8-17-9-7-10)12-5-3-2-4-11(12)18-13/h2-9H,1H3. The minimum atomic E-state index is -0.609. The maximum atomic E-state index is 12.4. The zero-order valence-electron chi connectivity index (χ0n) is 12.2. The van der Waals surface area contributed by atoms with E-state index in [4.69, 9.17) is 0 Å². The molecule has 0 saturated carbocycles. The van der Waals surface area contributed by atoms with E-state index >= 15 is 0 Å². The summed E-state index contributed by atoms with van der Waals surface area (Å²) in [7, 11) is 1.39. The number of nitrogens with zero attached hydrogens (tertiary/aromatic N) is 5. The number of hydrogen-bond donors (Lipinski definition) is 0. The number of benzene rings is 1. The van der Waals surface area contributed by atoms with Gasteiger partial charge in [-0.15, -0.1) is 0 Å². The molecule has 3 heterocycles. The first kappa shape index (κ1) is 13.3. The summed E-state index contributed by atoms with van der Waals surface area (Å²) in [5.74, 6) is 0.239. The molecular weight excluding hydrogens is 294 g/mol. The van der Waals surface area contributed by atoms with E-state index in [1.807, 2.05) is 24.3 Å². The third-order valence-corrected chi connectivity index (χ3v) is 3.70. The molecule has 0 N–H and O–H groups in total. The minimum absolute atomic E-state index is 0.155. The highest BCUT2D eigenvalue weighted by Crippen LogP contribution is 2.24. The molecule has 0 unspecified atom stereocenters. The van der Waals surface area contributed by atoms with Crippen molar-refractivity contribution in [2.24, 2.45) is 7.05 Å². The lowest BCUT2D eigenvalue weighted by Crippen LogP contribution is -2.36. The van der Waals surface area contributed by atoms with Crippen LogP contribution in [0.5, 0.6) is 0 Å². The first-order valence-corrected chi connectivity index (χ1v) is 6.96. The predicted molar refractivity (Wildman–Crippen MR) is 84.8 cm³/mol. The number of fused-ring (bicyclic) bond motifs is 2. The van der Waals surface area contributed by atoms with Crippen LogP contribution < -0.4 is 11.2 Å². The topological polar surface area (TPSA) is 82.7 Å². The van der Waals surface area contributed by atoms with Gasteiger partial charge >= 0.3 is 5.69 Å². The lowest BCUT2D eigenvalue weighted by Gasteiger charge is -2.17. The van der Waals surface area contributed by atoms with E-state index < -0.39 is 11.2 Å². The summed E-state index contributed by atoms with van der Waals surface area (Å²) in [5.41, 5.74) is 1.24. The van der Waals surface area contributed by atoms with Crippen LogP contribution in [0, 0.1) is 0 Å². The zero-order valence-corrected chi connectivity index (χ0v) is 12.2. The molecule has 0 fully saturated rings. The largest absolute Gasteiger partial charge is 0.352 e. The fourth-order valence-electron chi connectivity index (χ4n) is 2.55. The quantitative estimate of drug-likeness (QED) is 0.490. The summed E-state index contributed by atoms with van der Waals surface area (Å²) in [4.78, 5) is 36.8. The van der Waals surface area contributed by atoms with Crippen molar-refractivity contribution in [1.82, 2.24) is 24.1 Å². The molecule has 7 nitrogen and oxygen atoms in total. The van der Waals surface area contributed by atoms with Crippen molar-refractivity contribution < 1.29 is 0 Å². The molecule has 0 radical (unpaired) electrons. The first-order valence-electron chi connectivity index (χ1n) is 6.96. The lowest BCUT2D eigenvalue weighted by atomic mass is 10.2. The normalized spacial score (nSPS) is 11.2. The highest BCUT2D eigenvalue weighted by Gasteiger charge is 2.20. The summed E-state index contributed by atoms with van der Waals surface area (Å²) in [5, 5.41) is 0. The molecule has 4 rings (SSSR count). The zero-order chi connectivity index (χ0) is 16.0. The molecule has 0 amide bonds. The van der Waals surface area contributed by atoms with E-state index in [-0.39, 0.29) is 11.5 Å². The van der Waals surface area contributed by atoms with Crippen molar-refractivity contribution in [2.75, 3.05) is 0 Å². The van der Waals surface area contributed by atoms with E-state index in [2.05, 4.69) is 15.0 Å². The van der Waals surface area contributed by atoms with Gasteiger partial charge in [0.15, 0.2) is 11.5 Å². The van der Waals surface area contributed by atoms with Gasteiger partial charge in [-0.25, -0.2) is 9.78 Å². The van der Waals surface area contributed by atoms with E-state index in [0.29, 0.717) is 5.52 Å². The molecule has 7 heteroatoms. The van der Waals surface area contributed by atoms with Gasteiger partial charge in [-0.05, 0) is 24.3 Å². The van der Waals surface area contributed by atoms with Gasteiger partial charge in [0.05, 0.1) is 16.7 Å². The lowest BCUT2D eigenvalue weighted by molar-refractivity contribution is 0.759. The fraction of sp³-hybridized carbons (Fsp3) is 0.0625. The Morgan fingerprint density at radius 3 is 2.48 bits per heavy atom. The first-order chi connectivity index (χ1) is 11.2. The van der Waals surface area contributed by atoms with Crippen molar-refractivity contribution in [3.05, 3.63) is 69.6 Å². The third kappa shape index (κ3) is 1.94. The van der Waals surface area contributed by atoms with Crippen molar-refractivity contribution in [3.63, 3.8) is 0 Å². The molecule has 0 bridgehead atoms. The van der Waals surface area contributed by atoms with Crippen LogP contribution in [0.4, 0.5) is 0 Å². The van der Waals surface area contributed by atoms with Gasteiger partial charge in [0.25, 0.3) is 5.56 Å². The summed E-state index contributed by atoms with van der Waals surface area (Å²) >= 11 is 0. The second-order valence-electron chi connectivity index (χ2n) is 5.07. The smallest absolute Gasteiger partial charge is 0.291 e. The Bertz CT molecular complexity index is 1110. The van der Waals surface area contributed by atoms with Gasteiger partial charge in [0, 0.05) is 19.4 Å². The van der Waals surface area contributed by atoms with Gasteiger partial charge in [0.1, 0.15) is 0 Å². The van der Waals surface area contributed by atoms with Crippen LogP contribution in [-0.4, -0.2) is 24.1 Å². The molecule has 2 aliphatic rings. The van der Waals surface area contributed by atoms with Crippen LogP contribution in [0.15, 0.2) is 58.4 Å². The highest BCUT2D eigenvalue weighted by molar-refractivity contribution is 5.81. The molecule has 1 aromatic heterocycles. The number of rotatable bonds is 1. The van der Waals surface area contributed by atoms with E-state index in [0.717, 1.165) is 15.8 Å². The number of para-hydroxylation sites is 2. The molecular formula is C16H11N5O2. The summed E-state index contributed by atoms with van der Waals surface area (Å²) < 4.78 is 2.71. The van der Waals surface area contributed by atoms with Gasteiger partial charge in [-0.3, -0.25) is 18.9 Å². The van der Waals surface area contributed by atoms with Gasteiger partial charge in [-0.1, -0.05) is 12.1 Å². The number of hydrogen-bond acceptors (Lipinski definition) is 5. The highest BCUT2D eigenvalue weighted by atomic mass is 16.2. The Morgan fingerprint density at radius 2 is 1.70 bits per heavy atom. The third-order valence-electron chi connectivity index (χ3n) is 3.70. The maximum Gasteiger partial charge on any atom is 0.352 e. The maximum absolute atomic E-state index is 12.4. The Hall–Kier alpha value is -3.35. The summed E-state index contributed by atoms with van der Waals surface area (Å²) in [6.07, 6.45) is 3.28. The summed E-state index contributed by atoms with van der Waals surface area (Å²) in [6.45, 7) is 0. The molecule has 0 spiro atoms. The SMILES string of the molecule is Cn1c(=O)nc2n(-c3ccncc3)c3ccccc3nc-2c1=O. The number of pyridine rings is 1.